The van der Waals surface area contributed by atoms with Crippen molar-refractivity contribution in [2.45, 2.75) is 91.4 Å². The molecule has 0 aliphatic carbocycles. The molecule has 20 heavy (non-hydrogen) atoms. The lowest BCUT2D eigenvalue weighted by molar-refractivity contribution is 0.0782. The van der Waals surface area contributed by atoms with Crippen LogP contribution >= 0.6 is 0 Å². The molecular weight excluding hydrogens is 242 g/mol. The van der Waals surface area contributed by atoms with Crippen molar-refractivity contribution in [1.29, 1.82) is 0 Å². The molecule has 0 aromatic heterocycles. The molecule has 1 rings (SSSR count). The summed E-state index contributed by atoms with van der Waals surface area (Å²) in [6.07, 6.45) is 15.8. The van der Waals surface area contributed by atoms with Crippen LogP contribution in [0.3, 0.4) is 0 Å². The third-order valence-electron chi connectivity index (χ3n) is 5.66. The van der Waals surface area contributed by atoms with Crippen molar-refractivity contribution in [3.63, 3.8) is 0 Å². The molecule has 0 bridgehead atoms. The molecule has 1 fully saturated rings. The molecule has 0 amide bonds. The average Bonchev–Trinajstić information content (AvgIpc) is 2.45. The van der Waals surface area contributed by atoms with Crippen molar-refractivity contribution >= 4 is 0 Å². The highest BCUT2D eigenvalue weighted by Gasteiger charge is 2.34. The third kappa shape index (κ3) is 6.16. The van der Waals surface area contributed by atoms with Gasteiger partial charge in [0.1, 0.15) is 0 Å². The van der Waals surface area contributed by atoms with Gasteiger partial charge in [-0.1, -0.05) is 65.7 Å². The smallest absolute Gasteiger partial charge is 0.00189 e. The van der Waals surface area contributed by atoms with Crippen LogP contribution < -0.4 is 0 Å². The summed E-state index contributed by atoms with van der Waals surface area (Å²) < 4.78 is 0. The van der Waals surface area contributed by atoms with Crippen LogP contribution in [0.15, 0.2) is 0 Å². The zero-order valence-corrected chi connectivity index (χ0v) is 14.7. The predicted octanol–water partition coefficient (Wildman–Crippen LogP) is 5.89. The number of piperidine rings is 1. The highest BCUT2D eigenvalue weighted by molar-refractivity contribution is 4.86. The number of nitrogens with zero attached hydrogens (tertiary/aromatic N) is 1. The zero-order chi connectivity index (χ0) is 14.8. The number of hydrogen-bond acceptors (Lipinski definition) is 1. The van der Waals surface area contributed by atoms with Gasteiger partial charge in [-0.05, 0) is 57.2 Å². The lowest BCUT2D eigenvalue weighted by atomic mass is 9.66. The topological polar surface area (TPSA) is 3.24 Å². The van der Waals surface area contributed by atoms with Crippen LogP contribution in [0.25, 0.3) is 0 Å². The lowest BCUT2D eigenvalue weighted by Gasteiger charge is -2.42. The molecule has 1 saturated heterocycles. The molecule has 0 saturated carbocycles. The van der Waals surface area contributed by atoms with E-state index in [-0.39, 0.29) is 0 Å². The summed E-state index contributed by atoms with van der Waals surface area (Å²) in [5, 5.41) is 0. The molecule has 1 aliphatic rings. The second-order valence-electron chi connectivity index (χ2n) is 7.50. The molecule has 0 aromatic rings. The summed E-state index contributed by atoms with van der Waals surface area (Å²) >= 11 is 0. The Labute approximate surface area is 128 Å². The predicted molar refractivity (Wildman–Crippen MR) is 91.2 cm³/mol. The van der Waals surface area contributed by atoms with Gasteiger partial charge in [0.05, 0.1) is 0 Å². The number of rotatable bonds is 10. The Morgan fingerprint density at radius 2 is 1.40 bits per heavy atom. The fourth-order valence-electron chi connectivity index (χ4n) is 3.95. The van der Waals surface area contributed by atoms with Crippen LogP contribution in [0.2, 0.25) is 0 Å². The van der Waals surface area contributed by atoms with Gasteiger partial charge in [-0.3, -0.25) is 0 Å². The van der Waals surface area contributed by atoms with Crippen LogP contribution in [0.4, 0.5) is 0 Å². The summed E-state index contributed by atoms with van der Waals surface area (Å²) in [7, 11) is 2.28. The Kier molecular flexibility index (Phi) is 8.84. The quantitative estimate of drug-likeness (QED) is 0.452. The molecule has 1 heteroatoms. The van der Waals surface area contributed by atoms with Gasteiger partial charge in [0.2, 0.25) is 0 Å². The zero-order valence-electron chi connectivity index (χ0n) is 14.7. The van der Waals surface area contributed by atoms with E-state index < -0.39 is 0 Å². The third-order valence-corrected chi connectivity index (χ3v) is 5.66. The van der Waals surface area contributed by atoms with E-state index in [1.54, 1.807) is 0 Å². The van der Waals surface area contributed by atoms with Crippen LogP contribution in [0, 0.1) is 11.3 Å². The fraction of sp³-hybridized carbons (Fsp3) is 1.00. The Hall–Kier alpha value is -0.0400. The van der Waals surface area contributed by atoms with E-state index in [4.69, 9.17) is 0 Å². The molecular formula is C19H39N. The second kappa shape index (κ2) is 9.82. The second-order valence-corrected chi connectivity index (χ2v) is 7.50. The van der Waals surface area contributed by atoms with Gasteiger partial charge in [-0.2, -0.15) is 0 Å². The van der Waals surface area contributed by atoms with E-state index in [2.05, 4.69) is 32.7 Å². The van der Waals surface area contributed by atoms with Crippen molar-refractivity contribution in [3.8, 4) is 0 Å². The minimum absolute atomic E-state index is 0.628. The van der Waals surface area contributed by atoms with E-state index in [0.717, 1.165) is 5.92 Å². The van der Waals surface area contributed by atoms with Gasteiger partial charge in [-0.15, -0.1) is 0 Å². The van der Waals surface area contributed by atoms with Crippen molar-refractivity contribution in [2.75, 3.05) is 20.1 Å². The van der Waals surface area contributed by atoms with Crippen molar-refractivity contribution in [1.82, 2.24) is 4.90 Å². The molecule has 1 heterocycles. The standard InChI is InChI=1S/C19H39N/c1-5-7-9-10-11-15-19(3,14-8-6-2)18-12-16-20(4)17-13-18/h18H,5-17H2,1-4H3. The van der Waals surface area contributed by atoms with E-state index in [0.29, 0.717) is 5.41 Å². The summed E-state index contributed by atoms with van der Waals surface area (Å²) in [4.78, 5) is 2.51. The Bertz CT molecular complexity index is 230. The highest BCUT2D eigenvalue weighted by atomic mass is 15.1. The average molecular weight is 282 g/mol. The van der Waals surface area contributed by atoms with Crippen LogP contribution in [0.1, 0.15) is 91.4 Å². The maximum absolute atomic E-state index is 2.61. The van der Waals surface area contributed by atoms with Gasteiger partial charge < -0.3 is 4.90 Å². The first-order valence-electron chi connectivity index (χ1n) is 9.31. The first kappa shape index (κ1) is 18.0. The molecule has 1 unspecified atom stereocenters. The minimum atomic E-state index is 0.628. The van der Waals surface area contributed by atoms with E-state index in [1.807, 2.05) is 0 Å². The summed E-state index contributed by atoms with van der Waals surface area (Å²) in [5.41, 5.74) is 0.628. The van der Waals surface area contributed by atoms with Gasteiger partial charge in [0.25, 0.3) is 0 Å². The van der Waals surface area contributed by atoms with Gasteiger partial charge in [-0.25, -0.2) is 0 Å². The monoisotopic (exact) mass is 281 g/mol. The fourth-order valence-corrected chi connectivity index (χ4v) is 3.95. The van der Waals surface area contributed by atoms with E-state index >= 15 is 0 Å². The lowest BCUT2D eigenvalue weighted by Crippen LogP contribution is -2.38. The van der Waals surface area contributed by atoms with E-state index in [1.165, 1.54) is 83.7 Å². The summed E-state index contributed by atoms with van der Waals surface area (Å²) in [6.45, 7) is 9.91. The van der Waals surface area contributed by atoms with Crippen LogP contribution in [-0.4, -0.2) is 25.0 Å². The normalized spacial score (nSPS) is 21.0. The Balaban J connectivity index is 2.43. The summed E-state index contributed by atoms with van der Waals surface area (Å²) in [6, 6.07) is 0. The van der Waals surface area contributed by atoms with Crippen molar-refractivity contribution in [2.24, 2.45) is 11.3 Å². The Morgan fingerprint density at radius 1 is 0.850 bits per heavy atom. The number of hydrogen-bond donors (Lipinski definition) is 0. The molecule has 0 spiro atoms. The SMILES string of the molecule is CCCCCCCC(C)(CCCC)C1CCN(C)CC1. The summed E-state index contributed by atoms with van der Waals surface area (Å²) in [5.74, 6) is 0.983. The van der Waals surface area contributed by atoms with Gasteiger partial charge >= 0.3 is 0 Å². The molecule has 1 aliphatic heterocycles. The van der Waals surface area contributed by atoms with Crippen molar-refractivity contribution < 1.29 is 0 Å². The maximum atomic E-state index is 2.61. The Morgan fingerprint density at radius 3 is 2.00 bits per heavy atom. The maximum Gasteiger partial charge on any atom is -0.00189 e. The first-order valence-corrected chi connectivity index (χ1v) is 9.31. The minimum Gasteiger partial charge on any atom is -0.306 e. The van der Waals surface area contributed by atoms with Crippen LogP contribution in [0.5, 0.6) is 0 Å². The molecule has 1 nitrogen and oxygen atoms in total. The van der Waals surface area contributed by atoms with Gasteiger partial charge in [0.15, 0.2) is 0 Å². The number of likely N-dealkylation sites (tertiary alicyclic amines) is 1. The van der Waals surface area contributed by atoms with Crippen molar-refractivity contribution in [3.05, 3.63) is 0 Å². The largest absolute Gasteiger partial charge is 0.306 e. The molecule has 1 atom stereocenters. The number of unbranched alkanes of at least 4 members (excludes halogenated alkanes) is 5. The molecule has 0 N–H and O–H groups in total. The van der Waals surface area contributed by atoms with E-state index in [9.17, 15) is 0 Å². The van der Waals surface area contributed by atoms with Crippen LogP contribution in [-0.2, 0) is 0 Å². The first-order chi connectivity index (χ1) is 9.62. The molecule has 120 valence electrons. The molecule has 0 aromatic carbocycles. The molecule has 0 radical (unpaired) electrons. The van der Waals surface area contributed by atoms with Gasteiger partial charge in [0, 0.05) is 0 Å². The highest BCUT2D eigenvalue weighted by Crippen LogP contribution is 2.43.